The highest BCUT2D eigenvalue weighted by atomic mass is 79.9. The third kappa shape index (κ3) is 2.06. The number of halogens is 1. The van der Waals surface area contributed by atoms with Gasteiger partial charge in [0.2, 0.25) is 0 Å². The minimum Gasteiger partial charge on any atom is -0.384 e. The number of hydrogen-bond donors (Lipinski definition) is 1. The molecule has 0 aliphatic heterocycles. The van der Waals surface area contributed by atoms with Crippen LogP contribution in [0.5, 0.6) is 0 Å². The molecule has 2 nitrogen and oxygen atoms in total. The van der Waals surface area contributed by atoms with Gasteiger partial charge in [0, 0.05) is 22.3 Å². The molecular formula is C15H15BrN2. The van der Waals surface area contributed by atoms with Gasteiger partial charge in [-0.15, -0.1) is 0 Å². The number of nitrogens with one attached hydrogen (secondary N) is 1. The van der Waals surface area contributed by atoms with Gasteiger partial charge in [-0.05, 0) is 49.3 Å². The van der Waals surface area contributed by atoms with E-state index < -0.39 is 0 Å². The third-order valence-corrected chi connectivity index (χ3v) is 4.63. The van der Waals surface area contributed by atoms with E-state index in [1.54, 1.807) is 0 Å². The zero-order valence-electron chi connectivity index (χ0n) is 10.2. The Morgan fingerprint density at radius 2 is 2.22 bits per heavy atom. The monoisotopic (exact) mass is 302 g/mol. The first kappa shape index (κ1) is 11.8. The molecule has 0 radical (unpaired) electrons. The van der Waals surface area contributed by atoms with Crippen LogP contribution in [-0.4, -0.2) is 6.54 Å². The Kier molecular flexibility index (Phi) is 2.91. The van der Waals surface area contributed by atoms with Crippen molar-refractivity contribution in [2.45, 2.75) is 25.7 Å². The number of hydrogen-bond acceptors (Lipinski definition) is 2. The molecule has 0 spiro atoms. The van der Waals surface area contributed by atoms with Crippen LogP contribution in [0.4, 0.5) is 5.69 Å². The van der Waals surface area contributed by atoms with E-state index in [4.69, 9.17) is 5.26 Å². The minimum atomic E-state index is 0.415. The topological polar surface area (TPSA) is 35.8 Å². The van der Waals surface area contributed by atoms with E-state index in [-0.39, 0.29) is 0 Å². The Labute approximate surface area is 116 Å². The lowest BCUT2D eigenvalue weighted by Crippen LogP contribution is -2.41. The predicted octanol–water partition coefficient (Wildman–Crippen LogP) is 4.26. The molecule has 0 aromatic heterocycles. The Balaban J connectivity index is 1.64. The van der Waals surface area contributed by atoms with E-state index >= 15 is 0 Å². The zero-order valence-corrected chi connectivity index (χ0v) is 11.8. The van der Waals surface area contributed by atoms with Crippen LogP contribution in [0, 0.1) is 16.7 Å². The van der Waals surface area contributed by atoms with Gasteiger partial charge in [-0.1, -0.05) is 27.6 Å². The molecule has 3 aliphatic carbocycles. The highest BCUT2D eigenvalue weighted by Crippen LogP contribution is 2.54. The molecule has 0 heterocycles. The number of allylic oxidation sites excluding steroid dienone is 2. The standard InChI is InChI=1S/C15H15BrN2/c16-13-2-1-3-14(6-13)18-10-15-5-4-11(9-17)12(7-15)8-15/h1-3,6,18H,4-5,7-8,10H2. The van der Waals surface area contributed by atoms with Gasteiger partial charge in [-0.25, -0.2) is 0 Å². The Hall–Kier alpha value is -1.27. The van der Waals surface area contributed by atoms with Crippen molar-refractivity contribution in [3.63, 3.8) is 0 Å². The summed E-state index contributed by atoms with van der Waals surface area (Å²) in [5.74, 6) is 0. The third-order valence-electron chi connectivity index (χ3n) is 4.14. The van der Waals surface area contributed by atoms with Crippen LogP contribution in [0.3, 0.4) is 0 Å². The summed E-state index contributed by atoms with van der Waals surface area (Å²) in [5, 5.41) is 12.5. The molecular weight excluding hydrogens is 288 g/mol. The van der Waals surface area contributed by atoms with Crippen molar-refractivity contribution in [3.05, 3.63) is 39.9 Å². The maximum Gasteiger partial charge on any atom is 0.0946 e. The lowest BCUT2D eigenvalue weighted by molar-refractivity contribution is 0.184. The number of fused-ring (bicyclic) bond motifs is 2. The lowest BCUT2D eigenvalue weighted by Gasteiger charge is -2.48. The maximum atomic E-state index is 8.98. The maximum absolute atomic E-state index is 8.98. The van der Waals surface area contributed by atoms with Crippen molar-refractivity contribution < 1.29 is 0 Å². The molecule has 0 atom stereocenters. The Bertz CT molecular complexity index is 546. The van der Waals surface area contributed by atoms with Gasteiger partial charge in [0.25, 0.3) is 0 Å². The summed E-state index contributed by atoms with van der Waals surface area (Å²) in [5.41, 5.74) is 4.04. The van der Waals surface area contributed by atoms with Crippen LogP contribution in [0.25, 0.3) is 0 Å². The van der Waals surface area contributed by atoms with E-state index in [0.717, 1.165) is 42.3 Å². The average molecular weight is 303 g/mol. The first-order valence-electron chi connectivity index (χ1n) is 6.31. The fourth-order valence-corrected chi connectivity index (χ4v) is 3.45. The molecule has 1 aromatic rings. The van der Waals surface area contributed by atoms with E-state index in [1.807, 2.05) is 12.1 Å². The molecule has 18 heavy (non-hydrogen) atoms. The Morgan fingerprint density at radius 3 is 2.83 bits per heavy atom. The summed E-state index contributed by atoms with van der Waals surface area (Å²) in [7, 11) is 0. The van der Waals surface area contributed by atoms with Crippen LogP contribution in [-0.2, 0) is 0 Å². The number of anilines is 1. The first-order valence-corrected chi connectivity index (χ1v) is 7.11. The summed E-state index contributed by atoms with van der Waals surface area (Å²) >= 11 is 3.49. The molecule has 0 amide bonds. The molecule has 3 heteroatoms. The quantitative estimate of drug-likeness (QED) is 0.906. The lowest BCUT2D eigenvalue weighted by atomic mass is 9.57. The van der Waals surface area contributed by atoms with Crippen molar-refractivity contribution in [3.8, 4) is 6.07 Å². The summed E-state index contributed by atoms with van der Waals surface area (Å²) < 4.78 is 1.11. The van der Waals surface area contributed by atoms with Gasteiger partial charge >= 0.3 is 0 Å². The van der Waals surface area contributed by atoms with Crippen molar-refractivity contribution in [2.75, 3.05) is 11.9 Å². The second-order valence-electron chi connectivity index (χ2n) is 5.41. The smallest absolute Gasteiger partial charge is 0.0946 e. The Morgan fingerprint density at radius 1 is 1.39 bits per heavy atom. The number of rotatable bonds is 3. The minimum absolute atomic E-state index is 0.415. The van der Waals surface area contributed by atoms with Crippen molar-refractivity contribution in [2.24, 2.45) is 5.41 Å². The molecule has 1 N–H and O–H groups in total. The molecule has 1 fully saturated rings. The van der Waals surface area contributed by atoms with Gasteiger partial charge in [0.05, 0.1) is 6.07 Å². The molecule has 0 saturated heterocycles. The normalized spacial score (nSPS) is 20.0. The second kappa shape index (κ2) is 4.44. The number of nitrogens with zero attached hydrogens (tertiary/aromatic N) is 1. The van der Waals surface area contributed by atoms with Crippen molar-refractivity contribution in [1.82, 2.24) is 0 Å². The van der Waals surface area contributed by atoms with E-state index in [0.29, 0.717) is 5.41 Å². The van der Waals surface area contributed by atoms with Crippen LogP contribution in [0.15, 0.2) is 39.9 Å². The van der Waals surface area contributed by atoms with E-state index in [9.17, 15) is 0 Å². The zero-order chi connectivity index (χ0) is 12.6. The van der Waals surface area contributed by atoms with E-state index in [2.05, 4.69) is 39.4 Å². The SMILES string of the molecule is N#CC1=C2CC(CNc3cccc(Br)c3)(CC1)C2. The van der Waals surface area contributed by atoms with Crippen LogP contribution in [0.1, 0.15) is 25.7 Å². The number of nitriles is 1. The summed E-state index contributed by atoms with van der Waals surface area (Å²) in [6, 6.07) is 10.6. The molecule has 4 rings (SSSR count). The van der Waals surface area contributed by atoms with Gasteiger partial charge in [0.15, 0.2) is 0 Å². The highest BCUT2D eigenvalue weighted by Gasteiger charge is 2.44. The van der Waals surface area contributed by atoms with Crippen LogP contribution < -0.4 is 5.32 Å². The largest absolute Gasteiger partial charge is 0.384 e. The molecule has 2 bridgehead atoms. The molecule has 1 saturated carbocycles. The van der Waals surface area contributed by atoms with Gasteiger partial charge in [-0.3, -0.25) is 0 Å². The van der Waals surface area contributed by atoms with Gasteiger partial charge in [0.1, 0.15) is 0 Å². The summed E-state index contributed by atoms with van der Waals surface area (Å²) in [6.07, 6.45) is 4.38. The fourth-order valence-electron chi connectivity index (χ4n) is 3.05. The average Bonchev–Trinajstić information content (AvgIpc) is 2.35. The van der Waals surface area contributed by atoms with Crippen molar-refractivity contribution in [1.29, 1.82) is 5.26 Å². The molecule has 0 unspecified atom stereocenters. The van der Waals surface area contributed by atoms with Crippen LogP contribution in [0.2, 0.25) is 0 Å². The molecule has 92 valence electrons. The highest BCUT2D eigenvalue weighted by molar-refractivity contribution is 9.10. The fraction of sp³-hybridized carbons (Fsp3) is 0.400. The van der Waals surface area contributed by atoms with Crippen LogP contribution >= 0.6 is 15.9 Å². The number of benzene rings is 1. The predicted molar refractivity (Wildman–Crippen MR) is 76.2 cm³/mol. The van der Waals surface area contributed by atoms with Gasteiger partial charge < -0.3 is 5.32 Å². The first-order chi connectivity index (χ1) is 8.71. The summed E-state index contributed by atoms with van der Waals surface area (Å²) in [6.45, 7) is 1.02. The molecule has 1 aromatic carbocycles. The summed E-state index contributed by atoms with van der Waals surface area (Å²) in [4.78, 5) is 0. The second-order valence-corrected chi connectivity index (χ2v) is 6.33. The van der Waals surface area contributed by atoms with E-state index in [1.165, 1.54) is 11.3 Å². The van der Waals surface area contributed by atoms with Crippen molar-refractivity contribution >= 4 is 21.6 Å². The van der Waals surface area contributed by atoms with Gasteiger partial charge in [-0.2, -0.15) is 5.26 Å². The molecule has 3 aliphatic rings.